The highest BCUT2D eigenvalue weighted by molar-refractivity contribution is 6.00. The Labute approximate surface area is 141 Å². The number of carbonyl (C=O) groups excluding carboxylic acids is 1. The minimum atomic E-state index is -0.0598. The van der Waals surface area contributed by atoms with Gasteiger partial charge in [0.25, 0.3) is 5.91 Å². The fraction of sp³-hybridized carbons (Fsp3) is 0.278. The molecular formula is C18H21N5O. The van der Waals surface area contributed by atoms with Gasteiger partial charge in [0.1, 0.15) is 0 Å². The first kappa shape index (κ1) is 16.1. The van der Waals surface area contributed by atoms with Crippen molar-refractivity contribution < 1.29 is 4.79 Å². The first-order valence-corrected chi connectivity index (χ1v) is 7.80. The maximum atomic E-state index is 12.7. The Morgan fingerprint density at radius 3 is 2.38 bits per heavy atom. The van der Waals surface area contributed by atoms with Crippen LogP contribution >= 0.6 is 0 Å². The van der Waals surface area contributed by atoms with Crippen LogP contribution in [0.15, 0.2) is 49.1 Å². The van der Waals surface area contributed by atoms with Crippen LogP contribution in [0.5, 0.6) is 0 Å². The number of carbonyl (C=O) groups is 1. The van der Waals surface area contributed by atoms with Gasteiger partial charge in [0.15, 0.2) is 0 Å². The second kappa shape index (κ2) is 6.80. The molecule has 0 unspecified atom stereocenters. The zero-order chi connectivity index (χ0) is 17.1. The van der Waals surface area contributed by atoms with E-state index in [-0.39, 0.29) is 5.91 Å². The van der Waals surface area contributed by atoms with Crippen molar-refractivity contribution in [3.8, 4) is 0 Å². The summed E-state index contributed by atoms with van der Waals surface area (Å²) in [5, 5.41) is 4.19. The number of fused-ring (bicyclic) bond motifs is 1. The van der Waals surface area contributed by atoms with Crippen molar-refractivity contribution in [2.45, 2.75) is 13.1 Å². The summed E-state index contributed by atoms with van der Waals surface area (Å²) in [4.78, 5) is 20.6. The maximum Gasteiger partial charge on any atom is 0.257 e. The molecule has 1 aromatic carbocycles. The molecule has 0 bridgehead atoms. The molecule has 0 saturated carbocycles. The monoisotopic (exact) mass is 323 g/mol. The summed E-state index contributed by atoms with van der Waals surface area (Å²) in [5.74, 6) is -0.0598. The van der Waals surface area contributed by atoms with Gasteiger partial charge >= 0.3 is 0 Å². The van der Waals surface area contributed by atoms with Crippen LogP contribution in [0.2, 0.25) is 0 Å². The summed E-state index contributed by atoms with van der Waals surface area (Å²) in [5.41, 5.74) is 3.64. The fourth-order valence-corrected chi connectivity index (χ4v) is 2.67. The van der Waals surface area contributed by atoms with E-state index in [1.54, 1.807) is 41.3 Å². The lowest BCUT2D eigenvalue weighted by Crippen LogP contribution is -2.26. The van der Waals surface area contributed by atoms with Gasteiger partial charge in [0.05, 0.1) is 23.5 Å². The molecule has 6 nitrogen and oxygen atoms in total. The highest BCUT2D eigenvalue weighted by Crippen LogP contribution is 2.14. The summed E-state index contributed by atoms with van der Waals surface area (Å²) in [7, 11) is 5.90. The Morgan fingerprint density at radius 2 is 1.71 bits per heavy atom. The predicted molar refractivity (Wildman–Crippen MR) is 92.6 cm³/mol. The average molecular weight is 323 g/mol. The zero-order valence-electron chi connectivity index (χ0n) is 14.2. The quantitative estimate of drug-likeness (QED) is 0.721. The third kappa shape index (κ3) is 3.44. The van der Waals surface area contributed by atoms with Gasteiger partial charge in [0, 0.05) is 32.5 Å². The maximum absolute atomic E-state index is 12.7. The van der Waals surface area contributed by atoms with E-state index in [9.17, 15) is 4.79 Å². The van der Waals surface area contributed by atoms with Crippen molar-refractivity contribution >= 4 is 11.4 Å². The Morgan fingerprint density at radius 1 is 1.04 bits per heavy atom. The first-order valence-electron chi connectivity index (χ1n) is 7.80. The molecule has 124 valence electrons. The number of hydrogen-bond acceptors (Lipinski definition) is 4. The van der Waals surface area contributed by atoms with Crippen molar-refractivity contribution in [2.75, 3.05) is 21.1 Å². The van der Waals surface area contributed by atoms with Crippen molar-refractivity contribution in [3.05, 3.63) is 65.7 Å². The summed E-state index contributed by atoms with van der Waals surface area (Å²) < 4.78 is 1.66. The van der Waals surface area contributed by atoms with Gasteiger partial charge in [-0.3, -0.25) is 9.78 Å². The smallest absolute Gasteiger partial charge is 0.257 e. The molecule has 0 aliphatic rings. The molecule has 0 aliphatic carbocycles. The van der Waals surface area contributed by atoms with Gasteiger partial charge in [-0.15, -0.1) is 0 Å². The number of benzene rings is 1. The molecule has 0 saturated heterocycles. The lowest BCUT2D eigenvalue weighted by Gasteiger charge is -2.17. The van der Waals surface area contributed by atoms with Gasteiger partial charge in [-0.05, 0) is 25.2 Å². The van der Waals surface area contributed by atoms with E-state index in [2.05, 4.69) is 39.2 Å². The number of hydrogen-bond donors (Lipinski definition) is 0. The SMILES string of the molecule is CN(C)Cc1ccc(CN(C)C(=O)c2cnn3ccncc23)cc1. The molecule has 2 heterocycles. The van der Waals surface area contributed by atoms with Gasteiger partial charge in [-0.1, -0.05) is 24.3 Å². The van der Waals surface area contributed by atoms with Crippen LogP contribution in [-0.4, -0.2) is 51.4 Å². The number of aromatic nitrogens is 3. The lowest BCUT2D eigenvalue weighted by atomic mass is 10.1. The molecule has 0 atom stereocenters. The minimum absolute atomic E-state index is 0.0598. The second-order valence-corrected chi connectivity index (χ2v) is 6.18. The molecule has 1 amide bonds. The molecule has 24 heavy (non-hydrogen) atoms. The van der Waals surface area contributed by atoms with Gasteiger partial charge in [-0.25, -0.2) is 4.52 Å². The molecule has 0 radical (unpaired) electrons. The first-order chi connectivity index (χ1) is 11.5. The van der Waals surface area contributed by atoms with Gasteiger partial charge in [0.2, 0.25) is 0 Å². The van der Waals surface area contributed by atoms with Crippen molar-refractivity contribution in [3.63, 3.8) is 0 Å². The van der Waals surface area contributed by atoms with Crippen LogP contribution in [0.3, 0.4) is 0 Å². The highest BCUT2D eigenvalue weighted by Gasteiger charge is 2.17. The van der Waals surface area contributed by atoms with E-state index in [1.165, 1.54) is 5.56 Å². The third-order valence-electron chi connectivity index (χ3n) is 3.84. The molecule has 0 aliphatic heterocycles. The van der Waals surface area contributed by atoms with E-state index in [0.29, 0.717) is 12.1 Å². The van der Waals surface area contributed by atoms with Crippen LogP contribution in [0, 0.1) is 0 Å². The number of nitrogens with zero attached hydrogens (tertiary/aromatic N) is 5. The Kier molecular flexibility index (Phi) is 4.57. The van der Waals surface area contributed by atoms with E-state index in [4.69, 9.17) is 0 Å². The summed E-state index contributed by atoms with van der Waals surface area (Å²) in [6.07, 6.45) is 6.63. The van der Waals surface area contributed by atoms with Crippen LogP contribution in [-0.2, 0) is 13.1 Å². The molecule has 0 spiro atoms. The molecule has 3 rings (SSSR count). The lowest BCUT2D eigenvalue weighted by molar-refractivity contribution is 0.0787. The fourth-order valence-electron chi connectivity index (χ4n) is 2.67. The number of amides is 1. The summed E-state index contributed by atoms with van der Waals surface area (Å²) >= 11 is 0. The molecule has 3 aromatic rings. The Balaban J connectivity index is 1.72. The van der Waals surface area contributed by atoms with Crippen molar-refractivity contribution in [1.29, 1.82) is 0 Å². The summed E-state index contributed by atoms with van der Waals surface area (Å²) in [6, 6.07) is 8.35. The topological polar surface area (TPSA) is 53.7 Å². The number of rotatable bonds is 5. The molecular weight excluding hydrogens is 302 g/mol. The van der Waals surface area contributed by atoms with Crippen molar-refractivity contribution in [2.24, 2.45) is 0 Å². The van der Waals surface area contributed by atoms with E-state index >= 15 is 0 Å². The highest BCUT2D eigenvalue weighted by atomic mass is 16.2. The van der Waals surface area contributed by atoms with Crippen LogP contribution < -0.4 is 0 Å². The van der Waals surface area contributed by atoms with Crippen molar-refractivity contribution in [1.82, 2.24) is 24.4 Å². The predicted octanol–water partition coefficient (Wildman–Crippen LogP) is 2.06. The van der Waals surface area contributed by atoms with Crippen LogP contribution in [0.25, 0.3) is 5.52 Å². The normalized spacial score (nSPS) is 11.2. The zero-order valence-corrected chi connectivity index (χ0v) is 14.2. The van der Waals surface area contributed by atoms with Crippen LogP contribution in [0.4, 0.5) is 0 Å². The van der Waals surface area contributed by atoms with E-state index < -0.39 is 0 Å². The Bertz CT molecular complexity index is 838. The third-order valence-corrected chi connectivity index (χ3v) is 3.84. The Hall–Kier alpha value is -2.73. The van der Waals surface area contributed by atoms with Gasteiger partial charge in [-0.2, -0.15) is 5.10 Å². The molecule has 6 heteroatoms. The van der Waals surface area contributed by atoms with E-state index in [1.807, 2.05) is 14.1 Å². The molecule has 2 aromatic heterocycles. The largest absolute Gasteiger partial charge is 0.337 e. The van der Waals surface area contributed by atoms with Gasteiger partial charge < -0.3 is 9.80 Å². The summed E-state index contributed by atoms with van der Waals surface area (Å²) in [6.45, 7) is 1.46. The van der Waals surface area contributed by atoms with Crippen LogP contribution in [0.1, 0.15) is 21.5 Å². The minimum Gasteiger partial charge on any atom is -0.337 e. The molecule has 0 N–H and O–H groups in total. The van der Waals surface area contributed by atoms with E-state index in [0.717, 1.165) is 17.6 Å². The standard InChI is InChI=1S/C18H21N5O/c1-21(2)12-14-4-6-15(7-5-14)13-22(3)18(24)16-10-20-23-9-8-19-11-17(16)23/h4-11H,12-13H2,1-3H3. The second-order valence-electron chi connectivity index (χ2n) is 6.18. The molecule has 0 fully saturated rings. The average Bonchev–Trinajstić information content (AvgIpc) is 2.99.